The number of aromatic nitrogens is 1. The Hall–Kier alpha value is -2.51. The Morgan fingerprint density at radius 3 is 2.81 bits per heavy atom. The fourth-order valence-corrected chi connectivity index (χ4v) is 4.87. The maximum atomic E-state index is 12.8. The van der Waals surface area contributed by atoms with Gasteiger partial charge in [-0.2, -0.15) is 0 Å². The van der Waals surface area contributed by atoms with E-state index in [0.29, 0.717) is 13.0 Å². The van der Waals surface area contributed by atoms with Gasteiger partial charge in [-0.3, -0.25) is 9.69 Å². The van der Waals surface area contributed by atoms with E-state index in [9.17, 15) is 4.79 Å². The van der Waals surface area contributed by atoms with Crippen LogP contribution in [0.3, 0.4) is 0 Å². The molecule has 0 saturated carbocycles. The predicted molar refractivity (Wildman–Crippen MR) is 111 cm³/mol. The molecule has 0 saturated heterocycles. The smallest absolute Gasteiger partial charge is 0.232 e. The highest BCUT2D eigenvalue weighted by Gasteiger charge is 2.38. The van der Waals surface area contributed by atoms with Crippen molar-refractivity contribution in [3.8, 4) is 11.1 Å². The molecule has 2 aromatic heterocycles. The molecule has 0 bridgehead atoms. The number of carbonyl (C=O) groups is 1. The molecular formula is C20H20N4OS2. The number of carbonyl (C=O) groups excluding carboxylic acids is 1. The molecule has 1 aliphatic rings. The molecule has 27 heavy (non-hydrogen) atoms. The minimum absolute atomic E-state index is 0.0225. The number of guanidine groups is 1. The van der Waals surface area contributed by atoms with E-state index in [2.05, 4.69) is 47.6 Å². The molecule has 1 aromatic carbocycles. The van der Waals surface area contributed by atoms with Gasteiger partial charge in [0.05, 0.1) is 13.0 Å². The van der Waals surface area contributed by atoms with Gasteiger partial charge >= 0.3 is 0 Å². The van der Waals surface area contributed by atoms with E-state index in [1.807, 2.05) is 12.3 Å². The van der Waals surface area contributed by atoms with Crippen molar-refractivity contribution in [1.82, 2.24) is 9.88 Å². The van der Waals surface area contributed by atoms with Crippen LogP contribution in [0.5, 0.6) is 0 Å². The monoisotopic (exact) mass is 396 g/mol. The second kappa shape index (κ2) is 6.90. The first-order chi connectivity index (χ1) is 12.9. The zero-order valence-electron chi connectivity index (χ0n) is 15.2. The molecule has 3 aromatic rings. The normalized spacial score (nSPS) is 20.0. The third-order valence-corrected chi connectivity index (χ3v) is 6.64. The van der Waals surface area contributed by atoms with Crippen LogP contribution in [-0.2, 0) is 16.9 Å². The molecule has 0 spiro atoms. The average molecular weight is 397 g/mol. The molecule has 0 unspecified atom stereocenters. The first-order valence-corrected chi connectivity index (χ1v) is 10.4. The van der Waals surface area contributed by atoms with Gasteiger partial charge in [-0.05, 0) is 36.4 Å². The maximum Gasteiger partial charge on any atom is 0.232 e. The largest absolute Gasteiger partial charge is 0.369 e. The van der Waals surface area contributed by atoms with Gasteiger partial charge in [-0.15, -0.1) is 22.7 Å². The SMILES string of the molecule is Cc1cccc(-c2csc([C@]3(C)CC(=O)N(Cc4nccs4)C(N)=N3)c2)c1. The van der Waals surface area contributed by atoms with Crippen LogP contribution in [0.15, 0.2) is 52.3 Å². The van der Waals surface area contributed by atoms with Crippen molar-refractivity contribution in [2.45, 2.75) is 32.4 Å². The summed E-state index contributed by atoms with van der Waals surface area (Å²) in [7, 11) is 0. The van der Waals surface area contributed by atoms with Crippen molar-refractivity contribution in [1.29, 1.82) is 0 Å². The maximum absolute atomic E-state index is 12.8. The Morgan fingerprint density at radius 1 is 1.26 bits per heavy atom. The van der Waals surface area contributed by atoms with Gasteiger partial charge < -0.3 is 5.73 Å². The highest BCUT2D eigenvalue weighted by atomic mass is 32.1. The Kier molecular flexibility index (Phi) is 4.57. The van der Waals surface area contributed by atoms with E-state index in [1.165, 1.54) is 27.4 Å². The highest BCUT2D eigenvalue weighted by Crippen LogP contribution is 2.39. The lowest BCUT2D eigenvalue weighted by molar-refractivity contribution is -0.130. The molecule has 1 aliphatic heterocycles. The van der Waals surface area contributed by atoms with Crippen LogP contribution >= 0.6 is 22.7 Å². The lowest BCUT2D eigenvalue weighted by Crippen LogP contribution is -2.49. The van der Waals surface area contributed by atoms with Crippen molar-refractivity contribution < 1.29 is 4.79 Å². The molecule has 0 fully saturated rings. The number of hydrogen-bond acceptors (Lipinski definition) is 6. The summed E-state index contributed by atoms with van der Waals surface area (Å²) in [4.78, 5) is 24.3. The second-order valence-corrected chi connectivity index (χ2v) is 8.79. The first-order valence-electron chi connectivity index (χ1n) is 8.65. The first kappa shape index (κ1) is 17.9. The number of nitrogens with two attached hydrogens (primary N) is 1. The van der Waals surface area contributed by atoms with Crippen LogP contribution in [0.2, 0.25) is 0 Å². The van der Waals surface area contributed by atoms with E-state index >= 15 is 0 Å². The molecule has 138 valence electrons. The number of benzene rings is 1. The third kappa shape index (κ3) is 3.52. The van der Waals surface area contributed by atoms with Crippen molar-refractivity contribution in [3.63, 3.8) is 0 Å². The number of aryl methyl sites for hydroxylation is 1. The van der Waals surface area contributed by atoms with Crippen LogP contribution in [0.4, 0.5) is 0 Å². The van der Waals surface area contributed by atoms with Crippen molar-refractivity contribution in [3.05, 3.63) is 62.7 Å². The molecule has 7 heteroatoms. The van der Waals surface area contributed by atoms with E-state index in [1.54, 1.807) is 17.5 Å². The zero-order chi connectivity index (χ0) is 19.0. The summed E-state index contributed by atoms with van der Waals surface area (Å²) in [5, 5.41) is 4.86. The lowest BCUT2D eigenvalue weighted by Gasteiger charge is -2.34. The van der Waals surface area contributed by atoms with Gasteiger partial charge in [0, 0.05) is 16.5 Å². The molecule has 0 aliphatic carbocycles. The Morgan fingerprint density at radius 2 is 2.11 bits per heavy atom. The number of amides is 1. The summed E-state index contributed by atoms with van der Waals surface area (Å²) in [6.45, 7) is 4.44. The predicted octanol–water partition coefficient (Wildman–Crippen LogP) is 4.14. The Balaban J connectivity index is 1.62. The van der Waals surface area contributed by atoms with Gasteiger partial charge in [-0.25, -0.2) is 9.98 Å². The summed E-state index contributed by atoms with van der Waals surface area (Å²) >= 11 is 3.13. The number of nitrogens with zero attached hydrogens (tertiary/aromatic N) is 3. The molecule has 3 heterocycles. The summed E-state index contributed by atoms with van der Waals surface area (Å²) in [6, 6.07) is 10.5. The van der Waals surface area contributed by atoms with Gasteiger partial charge in [-0.1, -0.05) is 29.8 Å². The fourth-order valence-electron chi connectivity index (χ4n) is 3.24. The van der Waals surface area contributed by atoms with Crippen molar-refractivity contribution in [2.75, 3.05) is 0 Å². The summed E-state index contributed by atoms with van der Waals surface area (Å²) in [5.41, 5.74) is 9.08. The zero-order valence-corrected chi connectivity index (χ0v) is 16.8. The standard InChI is InChI=1S/C20H20N4OS2/c1-13-4-3-5-14(8-13)15-9-16(27-12-15)20(2)10-18(25)24(19(21)23-20)11-17-22-6-7-26-17/h3-9,12H,10-11H2,1-2H3,(H2,21,23)/t20-/m0/s1. The minimum atomic E-state index is -0.632. The molecule has 5 nitrogen and oxygen atoms in total. The summed E-state index contributed by atoms with van der Waals surface area (Å²) < 4.78 is 0. The second-order valence-electron chi connectivity index (χ2n) is 6.90. The van der Waals surface area contributed by atoms with Gasteiger partial charge in [0.1, 0.15) is 10.5 Å². The summed E-state index contributed by atoms with van der Waals surface area (Å²) in [5.74, 6) is 0.236. The van der Waals surface area contributed by atoms with Gasteiger partial charge in [0.25, 0.3) is 0 Å². The molecular weight excluding hydrogens is 376 g/mol. The number of rotatable bonds is 4. The average Bonchev–Trinajstić information content (AvgIpc) is 3.30. The number of thiophene rings is 1. The summed E-state index contributed by atoms with van der Waals surface area (Å²) in [6.07, 6.45) is 2.02. The molecule has 0 radical (unpaired) electrons. The molecule has 4 rings (SSSR count). The number of aliphatic imine (C=N–C) groups is 1. The van der Waals surface area contributed by atoms with Crippen molar-refractivity contribution >= 4 is 34.5 Å². The van der Waals surface area contributed by atoms with E-state index in [-0.39, 0.29) is 11.9 Å². The fraction of sp³-hybridized carbons (Fsp3) is 0.250. The van der Waals surface area contributed by atoms with Crippen LogP contribution in [-0.4, -0.2) is 21.8 Å². The van der Waals surface area contributed by atoms with Crippen LogP contribution < -0.4 is 5.73 Å². The van der Waals surface area contributed by atoms with Gasteiger partial charge in [0.2, 0.25) is 5.91 Å². The lowest BCUT2D eigenvalue weighted by atomic mass is 9.93. The number of hydrogen-bond donors (Lipinski definition) is 1. The van der Waals surface area contributed by atoms with E-state index < -0.39 is 5.54 Å². The quantitative estimate of drug-likeness (QED) is 0.720. The van der Waals surface area contributed by atoms with E-state index in [4.69, 9.17) is 10.7 Å². The molecule has 1 atom stereocenters. The van der Waals surface area contributed by atoms with Gasteiger partial charge in [0.15, 0.2) is 5.96 Å². The molecule has 1 amide bonds. The third-order valence-electron chi connectivity index (χ3n) is 4.69. The topological polar surface area (TPSA) is 71.6 Å². The van der Waals surface area contributed by atoms with Crippen LogP contribution in [0.1, 0.15) is 28.8 Å². The van der Waals surface area contributed by atoms with Crippen LogP contribution in [0.25, 0.3) is 11.1 Å². The Bertz CT molecular complexity index is 1010. The Labute approximate surface area is 166 Å². The molecule has 2 N–H and O–H groups in total. The van der Waals surface area contributed by atoms with Crippen LogP contribution in [0, 0.1) is 6.92 Å². The van der Waals surface area contributed by atoms with Crippen molar-refractivity contribution in [2.24, 2.45) is 10.7 Å². The number of thiazole rings is 1. The minimum Gasteiger partial charge on any atom is -0.369 e. The van der Waals surface area contributed by atoms with E-state index in [0.717, 1.165) is 15.4 Å². The highest BCUT2D eigenvalue weighted by molar-refractivity contribution is 7.10.